The van der Waals surface area contributed by atoms with E-state index in [0.717, 1.165) is 61.8 Å². The molecule has 0 fully saturated rings. The number of hydrogen-bond donors (Lipinski definition) is 3. The van der Waals surface area contributed by atoms with Crippen LogP contribution in [0.25, 0.3) is 16.8 Å². The van der Waals surface area contributed by atoms with Gasteiger partial charge in [0.2, 0.25) is 0 Å². The van der Waals surface area contributed by atoms with Gasteiger partial charge in [-0.25, -0.2) is 4.99 Å². The number of aromatic hydroxyl groups is 2. The minimum atomic E-state index is -0.244. The molecule has 50 heavy (non-hydrogen) atoms. The van der Waals surface area contributed by atoms with Gasteiger partial charge in [0.25, 0.3) is 0 Å². The molecule has 1 aliphatic rings. The number of phenols is 2. The minimum absolute atomic E-state index is 0.0937. The van der Waals surface area contributed by atoms with Crippen LogP contribution in [-0.4, -0.2) is 20.9 Å². The molecule has 3 N–H and O–H groups in total. The summed E-state index contributed by atoms with van der Waals surface area (Å²) < 4.78 is 0. The quantitative estimate of drug-likeness (QED) is 0.202. The molecule has 5 rings (SSSR count). The molecule has 0 atom stereocenters. The first kappa shape index (κ1) is 37.0. The van der Waals surface area contributed by atoms with Gasteiger partial charge in [-0.2, -0.15) is 0 Å². The molecule has 4 heteroatoms. The predicted molar refractivity (Wildman–Crippen MR) is 213 cm³/mol. The summed E-state index contributed by atoms with van der Waals surface area (Å²) >= 11 is 0. The third kappa shape index (κ3) is 7.13. The zero-order valence-electron chi connectivity index (χ0n) is 33.1. The summed E-state index contributed by atoms with van der Waals surface area (Å²) in [5.74, 6) is 0.589. The van der Waals surface area contributed by atoms with Crippen molar-refractivity contribution in [2.24, 2.45) is 4.99 Å². The van der Waals surface area contributed by atoms with Crippen molar-refractivity contribution in [2.75, 3.05) is 0 Å². The molecule has 3 aromatic carbocycles. The molecule has 0 amide bonds. The first-order valence-electron chi connectivity index (χ1n) is 17.9. The number of aryl methyl sites for hydroxylation is 3. The molecule has 4 nitrogen and oxygen atoms in total. The maximum absolute atomic E-state index is 11.7. The van der Waals surface area contributed by atoms with Crippen molar-refractivity contribution in [1.82, 2.24) is 4.98 Å². The second-order valence-corrected chi connectivity index (χ2v) is 18.5. The molecule has 0 saturated carbocycles. The Kier molecular flexibility index (Phi) is 9.22. The number of aromatic nitrogens is 1. The van der Waals surface area contributed by atoms with E-state index in [1.54, 1.807) is 0 Å². The molecule has 4 aromatic rings. The van der Waals surface area contributed by atoms with Crippen LogP contribution in [0, 0.1) is 20.8 Å². The number of nitrogens with one attached hydrogen (secondary N) is 1. The molecule has 264 valence electrons. The van der Waals surface area contributed by atoms with Crippen molar-refractivity contribution in [1.29, 1.82) is 0 Å². The largest absolute Gasteiger partial charge is 0.507 e. The Hall–Kier alpha value is -4.31. The van der Waals surface area contributed by atoms with Gasteiger partial charge in [-0.15, -0.1) is 0 Å². The van der Waals surface area contributed by atoms with Crippen LogP contribution in [-0.2, 0) is 21.7 Å². The molecule has 0 unspecified atom stereocenters. The second-order valence-electron chi connectivity index (χ2n) is 18.5. The Balaban J connectivity index is 1.78. The van der Waals surface area contributed by atoms with Crippen LogP contribution in [0.2, 0.25) is 0 Å². The number of allylic oxidation sites excluding steroid dienone is 2. The van der Waals surface area contributed by atoms with E-state index in [1.807, 2.05) is 6.08 Å². The summed E-state index contributed by atoms with van der Waals surface area (Å²) in [7, 11) is 0. The Morgan fingerprint density at radius 3 is 1.54 bits per heavy atom. The van der Waals surface area contributed by atoms with Gasteiger partial charge in [0.1, 0.15) is 11.5 Å². The maximum atomic E-state index is 11.7. The summed E-state index contributed by atoms with van der Waals surface area (Å²) in [5.41, 5.74) is 14.0. The van der Waals surface area contributed by atoms with Gasteiger partial charge in [-0.05, 0) is 107 Å². The van der Waals surface area contributed by atoms with Crippen molar-refractivity contribution in [2.45, 2.75) is 126 Å². The highest BCUT2D eigenvalue weighted by molar-refractivity contribution is 6.14. The fourth-order valence-corrected chi connectivity index (χ4v) is 7.00. The van der Waals surface area contributed by atoms with Crippen LogP contribution in [0.15, 0.2) is 71.4 Å². The van der Waals surface area contributed by atoms with E-state index in [2.05, 4.69) is 163 Å². The van der Waals surface area contributed by atoms with Crippen LogP contribution < -0.4 is 0 Å². The van der Waals surface area contributed by atoms with Gasteiger partial charge >= 0.3 is 0 Å². The number of hydrogen-bond acceptors (Lipinski definition) is 3. The summed E-state index contributed by atoms with van der Waals surface area (Å²) in [6.45, 7) is 32.5. The normalized spacial score (nSPS) is 15.1. The molecule has 0 aliphatic carbocycles. The number of aromatic amines is 1. The Labute approximate surface area is 301 Å². The fraction of sp³-hybridized carbons (Fsp3) is 0.413. The van der Waals surface area contributed by atoms with Crippen molar-refractivity contribution in [3.05, 3.63) is 122 Å². The Morgan fingerprint density at radius 2 is 1.06 bits per heavy atom. The maximum Gasteiger partial charge on any atom is 0.128 e. The molecule has 1 aliphatic heterocycles. The Morgan fingerprint density at radius 1 is 0.580 bits per heavy atom. The molecule has 2 heterocycles. The van der Waals surface area contributed by atoms with E-state index < -0.39 is 0 Å². The standard InChI is InChI=1S/C46H58N2O2/c1-26-20-27(2)39(28(3)21-26)40(37-18-16-35(47-37)31-22-29(43(4,5)6)24-33(41(31)49)45(10,11)12)38-19-17-36(48-38)32-23-30(44(7,8)9)25-34(42(32)50)46(13,14)15/h16-25,47,49-50H,1-15H3/b40-38-. The van der Waals surface area contributed by atoms with E-state index in [1.165, 1.54) is 22.3 Å². The van der Waals surface area contributed by atoms with Crippen molar-refractivity contribution >= 4 is 11.3 Å². The molecular weight excluding hydrogens is 613 g/mol. The zero-order chi connectivity index (χ0) is 37.3. The molecule has 0 radical (unpaired) electrons. The number of phenolic OH excluding ortho intramolecular Hbond substituents is 2. The van der Waals surface area contributed by atoms with Gasteiger partial charge < -0.3 is 15.2 Å². The van der Waals surface area contributed by atoms with Gasteiger partial charge in [0.15, 0.2) is 0 Å². The van der Waals surface area contributed by atoms with E-state index in [9.17, 15) is 10.2 Å². The summed E-state index contributed by atoms with van der Waals surface area (Å²) in [5, 5.41) is 23.4. The summed E-state index contributed by atoms with van der Waals surface area (Å²) in [4.78, 5) is 9.00. The van der Waals surface area contributed by atoms with Gasteiger partial charge in [-0.1, -0.05) is 113 Å². The average molecular weight is 671 g/mol. The lowest BCUT2D eigenvalue weighted by Crippen LogP contribution is -2.18. The van der Waals surface area contributed by atoms with Crippen molar-refractivity contribution in [3.63, 3.8) is 0 Å². The number of H-pyrrole nitrogens is 1. The fourth-order valence-electron chi connectivity index (χ4n) is 7.00. The number of rotatable bonds is 4. The second kappa shape index (κ2) is 12.5. The van der Waals surface area contributed by atoms with Gasteiger partial charge in [-0.3, -0.25) is 0 Å². The minimum Gasteiger partial charge on any atom is -0.507 e. The van der Waals surface area contributed by atoms with Crippen molar-refractivity contribution in [3.8, 4) is 22.8 Å². The predicted octanol–water partition coefficient (Wildman–Crippen LogP) is 12.0. The van der Waals surface area contributed by atoms with E-state index in [4.69, 9.17) is 4.99 Å². The highest BCUT2D eigenvalue weighted by atomic mass is 16.3. The molecule has 0 bridgehead atoms. The Bertz CT molecular complexity index is 2050. The lowest BCUT2D eigenvalue weighted by atomic mass is 9.78. The van der Waals surface area contributed by atoms with E-state index in [0.29, 0.717) is 5.75 Å². The average Bonchev–Trinajstić information content (AvgIpc) is 3.63. The van der Waals surface area contributed by atoms with Crippen LogP contribution in [0.5, 0.6) is 11.5 Å². The molecule has 0 spiro atoms. The molecule has 1 aromatic heterocycles. The van der Waals surface area contributed by atoms with Crippen LogP contribution >= 0.6 is 0 Å². The highest BCUT2D eigenvalue weighted by Crippen LogP contribution is 2.44. The lowest BCUT2D eigenvalue weighted by molar-refractivity contribution is 0.443. The topological polar surface area (TPSA) is 68.6 Å². The summed E-state index contributed by atoms with van der Waals surface area (Å²) in [6, 6.07) is 17.1. The van der Waals surface area contributed by atoms with E-state index >= 15 is 0 Å². The molecule has 0 saturated heterocycles. The number of aliphatic imine (C=N–C) groups is 1. The van der Waals surface area contributed by atoms with Crippen LogP contribution in [0.3, 0.4) is 0 Å². The first-order valence-corrected chi connectivity index (χ1v) is 17.9. The van der Waals surface area contributed by atoms with Gasteiger partial charge in [0.05, 0.1) is 11.4 Å². The highest BCUT2D eigenvalue weighted by Gasteiger charge is 2.29. The van der Waals surface area contributed by atoms with Crippen LogP contribution in [0.4, 0.5) is 0 Å². The zero-order valence-corrected chi connectivity index (χ0v) is 33.1. The number of benzene rings is 3. The SMILES string of the molecule is Cc1cc(C)c(/C(=C2/C=CC(c3cc(C(C)(C)C)cc(C(C)(C)C)c3O)=N2)c2ccc(-c3cc(C(C)(C)C)cc(C(C)(C)C)c3O)[nH]2)c(C)c1. The third-order valence-electron chi connectivity index (χ3n) is 9.91. The smallest absolute Gasteiger partial charge is 0.128 e. The third-order valence-corrected chi connectivity index (χ3v) is 9.91. The van der Waals surface area contributed by atoms with Gasteiger partial charge in [0, 0.05) is 39.2 Å². The first-order chi connectivity index (χ1) is 22.9. The summed E-state index contributed by atoms with van der Waals surface area (Å²) in [6.07, 6.45) is 4.10. The number of nitrogens with zero attached hydrogens (tertiary/aromatic N) is 1. The monoisotopic (exact) mass is 670 g/mol. The van der Waals surface area contributed by atoms with Crippen LogP contribution in [0.1, 0.15) is 139 Å². The molecular formula is C46H58N2O2. The lowest BCUT2D eigenvalue weighted by Gasteiger charge is -2.27. The van der Waals surface area contributed by atoms with Crippen molar-refractivity contribution < 1.29 is 10.2 Å². The van der Waals surface area contributed by atoms with E-state index in [-0.39, 0.29) is 27.4 Å².